The zero-order valence-corrected chi connectivity index (χ0v) is 20.0. The molecule has 0 radical (unpaired) electrons. The van der Waals surface area contributed by atoms with Crippen LogP contribution in [0.25, 0.3) is 10.2 Å². The standard InChI is InChI=1S/C21H22N2O5S3/c1-5-27-19(25)15-11(3)16(20(26)28-6-2)31-18(15)23-17(24)12(4)29-21-22-13-9-7-8-10-14(13)30-21/h7-10,12H,5-6H2,1-4H3,(H,23,24). The molecule has 1 atom stereocenters. The van der Waals surface area contributed by atoms with Gasteiger partial charge in [-0.25, -0.2) is 14.6 Å². The van der Waals surface area contributed by atoms with Crippen LogP contribution in [-0.2, 0) is 14.3 Å². The van der Waals surface area contributed by atoms with Crippen molar-refractivity contribution in [3.05, 3.63) is 40.3 Å². The number of benzene rings is 1. The van der Waals surface area contributed by atoms with Crippen LogP contribution in [0.3, 0.4) is 0 Å². The molecule has 0 saturated carbocycles. The molecular formula is C21H22N2O5S3. The Bertz CT molecular complexity index is 1090. The number of esters is 2. The van der Waals surface area contributed by atoms with Gasteiger partial charge < -0.3 is 14.8 Å². The van der Waals surface area contributed by atoms with Gasteiger partial charge in [-0.2, -0.15) is 0 Å². The van der Waals surface area contributed by atoms with Gasteiger partial charge in [0.25, 0.3) is 0 Å². The monoisotopic (exact) mass is 478 g/mol. The third kappa shape index (κ3) is 5.25. The molecule has 164 valence electrons. The number of aromatic nitrogens is 1. The van der Waals surface area contributed by atoms with Crippen LogP contribution in [0.15, 0.2) is 28.6 Å². The van der Waals surface area contributed by atoms with E-state index in [1.165, 1.54) is 23.1 Å². The minimum atomic E-state index is -0.589. The number of thioether (sulfide) groups is 1. The summed E-state index contributed by atoms with van der Waals surface area (Å²) in [5.74, 6) is -1.42. The molecule has 1 amide bonds. The molecule has 1 aromatic carbocycles. The van der Waals surface area contributed by atoms with Gasteiger partial charge in [0.2, 0.25) is 5.91 Å². The van der Waals surface area contributed by atoms with Gasteiger partial charge in [0.05, 0.1) is 34.2 Å². The zero-order valence-electron chi connectivity index (χ0n) is 17.5. The fourth-order valence-electron chi connectivity index (χ4n) is 2.76. The van der Waals surface area contributed by atoms with Gasteiger partial charge in [-0.05, 0) is 45.4 Å². The van der Waals surface area contributed by atoms with E-state index in [1.807, 2.05) is 24.3 Å². The fourth-order valence-corrected chi connectivity index (χ4v) is 6.06. The van der Waals surface area contributed by atoms with Crippen molar-refractivity contribution in [2.75, 3.05) is 18.5 Å². The van der Waals surface area contributed by atoms with E-state index in [1.54, 1.807) is 27.7 Å². The highest BCUT2D eigenvalue weighted by Crippen LogP contribution is 2.36. The average Bonchev–Trinajstić information content (AvgIpc) is 3.28. The normalized spacial score (nSPS) is 11.9. The Labute approximate surface area is 192 Å². The number of hydrogen-bond acceptors (Lipinski definition) is 9. The summed E-state index contributed by atoms with van der Waals surface area (Å²) in [7, 11) is 0. The van der Waals surface area contributed by atoms with Crippen molar-refractivity contribution in [1.82, 2.24) is 4.98 Å². The van der Waals surface area contributed by atoms with E-state index < -0.39 is 17.2 Å². The third-order valence-corrected chi connectivity index (χ3v) is 7.66. The lowest BCUT2D eigenvalue weighted by molar-refractivity contribution is -0.115. The van der Waals surface area contributed by atoms with Crippen LogP contribution in [0.4, 0.5) is 5.00 Å². The second kappa shape index (κ2) is 10.3. The fraction of sp³-hybridized carbons (Fsp3) is 0.333. The Kier molecular flexibility index (Phi) is 7.69. The highest BCUT2D eigenvalue weighted by atomic mass is 32.2. The Morgan fingerprint density at radius 2 is 1.77 bits per heavy atom. The van der Waals surface area contributed by atoms with E-state index in [4.69, 9.17) is 9.47 Å². The summed E-state index contributed by atoms with van der Waals surface area (Å²) in [6.07, 6.45) is 0. The van der Waals surface area contributed by atoms with Gasteiger partial charge in [-0.3, -0.25) is 4.79 Å². The molecule has 31 heavy (non-hydrogen) atoms. The van der Waals surface area contributed by atoms with Crippen molar-refractivity contribution in [3.63, 3.8) is 0 Å². The van der Waals surface area contributed by atoms with E-state index in [9.17, 15) is 14.4 Å². The summed E-state index contributed by atoms with van der Waals surface area (Å²) in [6.45, 7) is 7.20. The van der Waals surface area contributed by atoms with Crippen molar-refractivity contribution in [1.29, 1.82) is 0 Å². The van der Waals surface area contributed by atoms with Crippen LogP contribution in [0, 0.1) is 6.92 Å². The first-order valence-corrected chi connectivity index (χ1v) is 12.2. The number of hydrogen-bond donors (Lipinski definition) is 1. The number of nitrogens with zero attached hydrogens (tertiary/aromatic N) is 1. The maximum atomic E-state index is 12.9. The molecule has 0 spiro atoms. The predicted molar refractivity (Wildman–Crippen MR) is 125 cm³/mol. The van der Waals surface area contributed by atoms with Gasteiger partial charge >= 0.3 is 11.9 Å². The molecule has 2 aromatic heterocycles. The molecular weight excluding hydrogens is 456 g/mol. The molecule has 7 nitrogen and oxygen atoms in total. The Balaban J connectivity index is 1.81. The Morgan fingerprint density at radius 3 is 2.45 bits per heavy atom. The first-order valence-electron chi connectivity index (χ1n) is 9.66. The summed E-state index contributed by atoms with van der Waals surface area (Å²) in [5.41, 5.74) is 1.50. The van der Waals surface area contributed by atoms with Gasteiger partial charge in [-0.15, -0.1) is 22.7 Å². The second-order valence-electron chi connectivity index (χ2n) is 6.40. The van der Waals surface area contributed by atoms with Crippen LogP contribution in [0.2, 0.25) is 0 Å². The second-order valence-corrected chi connectivity index (χ2v) is 10.0. The predicted octanol–water partition coefficient (Wildman–Crippen LogP) is 5.14. The largest absolute Gasteiger partial charge is 0.462 e. The van der Waals surface area contributed by atoms with Gasteiger partial charge in [0.1, 0.15) is 9.88 Å². The smallest absolute Gasteiger partial charge is 0.348 e. The number of thiazole rings is 1. The number of nitrogens with one attached hydrogen (secondary N) is 1. The number of para-hydroxylation sites is 1. The van der Waals surface area contributed by atoms with E-state index >= 15 is 0 Å². The summed E-state index contributed by atoms with van der Waals surface area (Å²) in [5, 5.41) is 2.60. The lowest BCUT2D eigenvalue weighted by Crippen LogP contribution is -2.23. The van der Waals surface area contributed by atoms with Gasteiger partial charge in [-0.1, -0.05) is 23.9 Å². The Morgan fingerprint density at radius 1 is 1.10 bits per heavy atom. The van der Waals surface area contributed by atoms with Crippen molar-refractivity contribution < 1.29 is 23.9 Å². The van der Waals surface area contributed by atoms with Crippen LogP contribution in [-0.4, -0.2) is 41.3 Å². The quantitative estimate of drug-likeness (QED) is 0.354. The van der Waals surface area contributed by atoms with E-state index in [2.05, 4.69) is 10.3 Å². The van der Waals surface area contributed by atoms with Crippen LogP contribution >= 0.6 is 34.4 Å². The number of amides is 1. The van der Waals surface area contributed by atoms with Crippen molar-refractivity contribution in [3.8, 4) is 0 Å². The van der Waals surface area contributed by atoms with E-state index in [0.29, 0.717) is 5.56 Å². The molecule has 1 N–H and O–H groups in total. The number of thiophene rings is 1. The highest BCUT2D eigenvalue weighted by Gasteiger charge is 2.28. The summed E-state index contributed by atoms with van der Waals surface area (Å²) in [4.78, 5) is 42.4. The minimum absolute atomic E-state index is 0.181. The molecule has 3 aromatic rings. The lowest BCUT2D eigenvalue weighted by atomic mass is 10.1. The SMILES string of the molecule is CCOC(=O)c1sc(NC(=O)C(C)Sc2nc3ccccc3s2)c(C(=O)OCC)c1C. The first kappa shape index (κ1) is 23.2. The number of carbonyl (C=O) groups excluding carboxylic acids is 3. The maximum absolute atomic E-state index is 12.9. The third-order valence-electron chi connectivity index (χ3n) is 4.24. The highest BCUT2D eigenvalue weighted by molar-refractivity contribution is 8.02. The lowest BCUT2D eigenvalue weighted by Gasteiger charge is -2.11. The van der Waals surface area contributed by atoms with Crippen molar-refractivity contribution in [2.45, 2.75) is 37.3 Å². The maximum Gasteiger partial charge on any atom is 0.348 e. The van der Waals surface area contributed by atoms with Crippen LogP contribution in [0.5, 0.6) is 0 Å². The number of anilines is 1. The van der Waals surface area contributed by atoms with E-state index in [-0.39, 0.29) is 34.6 Å². The number of rotatable bonds is 8. The van der Waals surface area contributed by atoms with Gasteiger partial charge in [0, 0.05) is 0 Å². The van der Waals surface area contributed by atoms with Crippen LogP contribution < -0.4 is 5.32 Å². The average molecular weight is 479 g/mol. The summed E-state index contributed by atoms with van der Waals surface area (Å²) < 4.78 is 12.0. The molecule has 0 aliphatic carbocycles. The van der Waals surface area contributed by atoms with Crippen LogP contribution in [0.1, 0.15) is 46.4 Å². The molecule has 0 aliphatic heterocycles. The summed E-state index contributed by atoms with van der Waals surface area (Å²) >= 11 is 3.87. The Hall–Kier alpha value is -2.43. The van der Waals surface area contributed by atoms with E-state index in [0.717, 1.165) is 25.9 Å². The molecule has 10 heteroatoms. The molecule has 1 unspecified atom stereocenters. The molecule has 0 aliphatic rings. The zero-order chi connectivity index (χ0) is 22.5. The molecule has 0 fully saturated rings. The molecule has 3 rings (SSSR count). The number of fused-ring (bicyclic) bond motifs is 1. The summed E-state index contributed by atoms with van der Waals surface area (Å²) in [6, 6.07) is 7.78. The molecule has 0 saturated heterocycles. The molecule has 0 bridgehead atoms. The van der Waals surface area contributed by atoms with Crippen molar-refractivity contribution in [2.24, 2.45) is 0 Å². The van der Waals surface area contributed by atoms with Gasteiger partial charge in [0.15, 0.2) is 4.34 Å². The number of carbonyl (C=O) groups is 3. The number of ether oxygens (including phenoxy) is 2. The topological polar surface area (TPSA) is 94.6 Å². The minimum Gasteiger partial charge on any atom is -0.462 e. The first-order chi connectivity index (χ1) is 14.8. The molecule has 2 heterocycles. The van der Waals surface area contributed by atoms with Crippen molar-refractivity contribution >= 4 is 67.5 Å².